The molecule has 0 amide bonds. The van der Waals surface area contributed by atoms with Gasteiger partial charge in [-0.1, -0.05) is 0 Å². The Morgan fingerprint density at radius 1 is 1.20 bits per heavy atom. The molecule has 0 aliphatic carbocycles. The maximum absolute atomic E-state index is 10.1. The highest BCUT2D eigenvalue weighted by atomic mass is 16.5. The summed E-state index contributed by atoms with van der Waals surface area (Å²) in [6, 6.07) is 0. The third kappa shape index (κ3) is 13.3. The minimum atomic E-state index is -0.954. The van der Waals surface area contributed by atoms with Gasteiger partial charge in [0.25, 0.3) is 0 Å². The van der Waals surface area contributed by atoms with Crippen LogP contribution in [-0.2, 0) is 14.3 Å². The fourth-order valence-corrected chi connectivity index (χ4v) is 0.878. The Kier molecular flexibility index (Phi) is 7.29. The molecule has 0 unspecified atom stereocenters. The molecule has 0 saturated carbocycles. The van der Waals surface area contributed by atoms with Crippen molar-refractivity contribution in [2.24, 2.45) is 0 Å². The number of carbonyl (C=O) groups is 1. The summed E-state index contributed by atoms with van der Waals surface area (Å²) in [6.07, 6.45) is 0. The van der Waals surface area contributed by atoms with Crippen LogP contribution in [0.4, 0.5) is 0 Å². The summed E-state index contributed by atoms with van der Waals surface area (Å²) < 4.78 is 10.0. The smallest absolute Gasteiger partial charge is 0.329 e. The number of ether oxygens (including phenoxy) is 2. The van der Waals surface area contributed by atoms with E-state index in [2.05, 4.69) is 26.1 Å². The van der Waals surface area contributed by atoms with Gasteiger partial charge in [0.15, 0.2) is 0 Å². The second kappa shape index (κ2) is 7.62. The molecule has 0 aliphatic heterocycles. The first-order valence-corrected chi connectivity index (χ1v) is 5.04. The quantitative estimate of drug-likeness (QED) is 0.582. The summed E-state index contributed by atoms with van der Waals surface area (Å²) in [5.41, 5.74) is 0.100. The molecule has 2 N–H and O–H groups in total. The Bertz CT molecular complexity index is 177. The van der Waals surface area contributed by atoms with Crippen LogP contribution in [-0.4, -0.2) is 49.6 Å². The number of rotatable bonds is 8. The summed E-state index contributed by atoms with van der Waals surface area (Å²) in [4.78, 5) is 10.1. The predicted octanol–water partition coefficient (Wildman–Crippen LogP) is 0.492. The molecule has 0 heterocycles. The average Bonchev–Trinajstić information content (AvgIpc) is 2.07. The molecule has 0 aromatic heterocycles. The molecule has 0 saturated heterocycles. The van der Waals surface area contributed by atoms with Gasteiger partial charge in [-0.05, 0) is 20.8 Å². The van der Waals surface area contributed by atoms with Gasteiger partial charge in [0.05, 0.1) is 19.8 Å². The minimum Gasteiger partial charge on any atom is -0.480 e. The van der Waals surface area contributed by atoms with Gasteiger partial charge >= 0.3 is 5.97 Å². The van der Waals surface area contributed by atoms with Crippen molar-refractivity contribution in [3.8, 4) is 0 Å². The van der Waals surface area contributed by atoms with E-state index >= 15 is 0 Å². The Hall–Kier alpha value is -0.650. The Morgan fingerprint density at radius 3 is 2.33 bits per heavy atom. The molecule has 0 atom stereocenters. The van der Waals surface area contributed by atoms with Crippen molar-refractivity contribution in [3.05, 3.63) is 0 Å². The van der Waals surface area contributed by atoms with Gasteiger partial charge in [0.1, 0.15) is 6.61 Å². The van der Waals surface area contributed by atoms with E-state index in [-0.39, 0.29) is 12.1 Å². The van der Waals surface area contributed by atoms with Crippen LogP contribution in [0, 0.1) is 0 Å². The average molecular weight is 219 g/mol. The van der Waals surface area contributed by atoms with Crippen LogP contribution in [0.25, 0.3) is 0 Å². The zero-order valence-electron chi connectivity index (χ0n) is 9.71. The molecular weight excluding hydrogens is 198 g/mol. The van der Waals surface area contributed by atoms with E-state index in [1.807, 2.05) is 0 Å². The molecule has 0 rings (SSSR count). The summed E-state index contributed by atoms with van der Waals surface area (Å²) >= 11 is 0. The standard InChI is InChI=1S/C10H21NO4/c1-10(2,3)11-4-5-14-6-7-15-8-9(12)13/h11H,4-8H2,1-3H3,(H,12,13). The van der Waals surface area contributed by atoms with E-state index in [1.54, 1.807) is 0 Å². The normalized spacial score (nSPS) is 11.7. The van der Waals surface area contributed by atoms with Crippen molar-refractivity contribution >= 4 is 5.97 Å². The lowest BCUT2D eigenvalue weighted by molar-refractivity contribution is -0.142. The second-order valence-electron chi connectivity index (χ2n) is 4.24. The molecule has 0 aliphatic rings. The van der Waals surface area contributed by atoms with Crippen molar-refractivity contribution < 1.29 is 19.4 Å². The maximum atomic E-state index is 10.1. The molecule has 0 bridgehead atoms. The number of nitrogens with one attached hydrogen (secondary N) is 1. The van der Waals surface area contributed by atoms with Crippen LogP contribution in [0.1, 0.15) is 20.8 Å². The number of hydrogen-bond donors (Lipinski definition) is 2. The second-order valence-corrected chi connectivity index (χ2v) is 4.24. The molecule has 0 aromatic rings. The lowest BCUT2D eigenvalue weighted by Gasteiger charge is -2.20. The fraction of sp³-hybridized carbons (Fsp3) is 0.900. The largest absolute Gasteiger partial charge is 0.480 e. The van der Waals surface area contributed by atoms with Crippen LogP contribution in [0.15, 0.2) is 0 Å². The molecule has 5 nitrogen and oxygen atoms in total. The van der Waals surface area contributed by atoms with Crippen molar-refractivity contribution in [1.82, 2.24) is 5.32 Å². The highest BCUT2D eigenvalue weighted by molar-refractivity contribution is 5.67. The monoisotopic (exact) mass is 219 g/mol. The van der Waals surface area contributed by atoms with E-state index in [4.69, 9.17) is 14.6 Å². The van der Waals surface area contributed by atoms with E-state index in [9.17, 15) is 4.79 Å². The number of hydrogen-bond acceptors (Lipinski definition) is 4. The molecule has 0 spiro atoms. The molecule has 90 valence electrons. The number of aliphatic carboxylic acids is 1. The van der Waals surface area contributed by atoms with E-state index in [0.717, 1.165) is 6.54 Å². The highest BCUT2D eigenvalue weighted by Crippen LogP contribution is 1.96. The molecule has 0 radical (unpaired) electrons. The van der Waals surface area contributed by atoms with Gasteiger partial charge in [-0.15, -0.1) is 0 Å². The van der Waals surface area contributed by atoms with E-state index < -0.39 is 5.97 Å². The third-order valence-corrected chi connectivity index (χ3v) is 1.50. The van der Waals surface area contributed by atoms with Crippen molar-refractivity contribution in [2.75, 3.05) is 33.0 Å². The first-order valence-electron chi connectivity index (χ1n) is 5.04. The SMILES string of the molecule is CC(C)(C)NCCOCCOCC(=O)O. The summed E-state index contributed by atoms with van der Waals surface area (Å²) in [7, 11) is 0. The lowest BCUT2D eigenvalue weighted by atomic mass is 10.1. The van der Waals surface area contributed by atoms with E-state index in [0.29, 0.717) is 19.8 Å². The van der Waals surface area contributed by atoms with Crippen LogP contribution < -0.4 is 5.32 Å². The summed E-state index contributed by atoms with van der Waals surface area (Å²) in [5.74, 6) is -0.954. The van der Waals surface area contributed by atoms with Gasteiger partial charge in [0, 0.05) is 12.1 Å². The van der Waals surface area contributed by atoms with Gasteiger partial charge in [0.2, 0.25) is 0 Å². The Balaban J connectivity index is 3.09. The minimum absolute atomic E-state index is 0.100. The third-order valence-electron chi connectivity index (χ3n) is 1.50. The van der Waals surface area contributed by atoms with Crippen LogP contribution >= 0.6 is 0 Å². The van der Waals surface area contributed by atoms with Gasteiger partial charge in [-0.2, -0.15) is 0 Å². The summed E-state index contributed by atoms with van der Waals surface area (Å²) in [6.45, 7) is 8.13. The van der Waals surface area contributed by atoms with E-state index in [1.165, 1.54) is 0 Å². The van der Waals surface area contributed by atoms with Gasteiger partial charge in [-0.3, -0.25) is 0 Å². The zero-order valence-corrected chi connectivity index (χ0v) is 9.71. The van der Waals surface area contributed by atoms with Gasteiger partial charge in [-0.25, -0.2) is 4.79 Å². The summed E-state index contributed by atoms with van der Waals surface area (Å²) in [5, 5.41) is 11.5. The molecule has 5 heteroatoms. The first kappa shape index (κ1) is 14.3. The molecule has 0 fully saturated rings. The zero-order chi connectivity index (χ0) is 11.7. The van der Waals surface area contributed by atoms with Gasteiger partial charge < -0.3 is 19.9 Å². The highest BCUT2D eigenvalue weighted by Gasteiger charge is 2.06. The topological polar surface area (TPSA) is 67.8 Å². The van der Waals surface area contributed by atoms with Crippen molar-refractivity contribution in [3.63, 3.8) is 0 Å². The lowest BCUT2D eigenvalue weighted by Crippen LogP contribution is -2.38. The Morgan fingerprint density at radius 2 is 1.80 bits per heavy atom. The molecule has 15 heavy (non-hydrogen) atoms. The number of carboxylic acid groups (broad SMARTS) is 1. The first-order chi connectivity index (χ1) is 6.92. The fourth-order valence-electron chi connectivity index (χ4n) is 0.878. The Labute approximate surface area is 90.8 Å². The van der Waals surface area contributed by atoms with Crippen LogP contribution in [0.3, 0.4) is 0 Å². The van der Waals surface area contributed by atoms with Crippen molar-refractivity contribution in [2.45, 2.75) is 26.3 Å². The van der Waals surface area contributed by atoms with Crippen LogP contribution in [0.5, 0.6) is 0 Å². The molecular formula is C10H21NO4. The van der Waals surface area contributed by atoms with Crippen molar-refractivity contribution in [1.29, 1.82) is 0 Å². The predicted molar refractivity (Wildman–Crippen MR) is 57.0 cm³/mol. The number of carboxylic acids is 1. The molecule has 0 aromatic carbocycles. The van der Waals surface area contributed by atoms with Crippen LogP contribution in [0.2, 0.25) is 0 Å². The maximum Gasteiger partial charge on any atom is 0.329 e.